The van der Waals surface area contributed by atoms with Crippen LogP contribution >= 0.6 is 0 Å². The molecule has 1 aliphatic rings. The highest BCUT2D eigenvalue weighted by atomic mass is 16.3. The van der Waals surface area contributed by atoms with Crippen molar-refractivity contribution in [1.29, 1.82) is 0 Å². The van der Waals surface area contributed by atoms with Crippen molar-refractivity contribution in [3.8, 4) is 0 Å². The Bertz CT molecular complexity index is 189. The standard InChI is InChI=1S/C11H24N2O2/c1-4-12-8-6-10(14)11(15)7-9(8)13(3)5-2/h8-12,14-15H,4-7H2,1-3H3. The zero-order chi connectivity index (χ0) is 11.4. The van der Waals surface area contributed by atoms with Gasteiger partial charge >= 0.3 is 0 Å². The van der Waals surface area contributed by atoms with Gasteiger partial charge in [-0.2, -0.15) is 0 Å². The number of hydrogen-bond donors (Lipinski definition) is 3. The number of hydrogen-bond acceptors (Lipinski definition) is 4. The lowest BCUT2D eigenvalue weighted by atomic mass is 9.85. The van der Waals surface area contributed by atoms with Crippen molar-refractivity contribution >= 4 is 0 Å². The molecule has 0 aromatic heterocycles. The average Bonchev–Trinajstić information content (AvgIpc) is 2.22. The van der Waals surface area contributed by atoms with Gasteiger partial charge in [0.15, 0.2) is 0 Å². The van der Waals surface area contributed by atoms with Crippen LogP contribution in [0.3, 0.4) is 0 Å². The van der Waals surface area contributed by atoms with Crippen molar-refractivity contribution in [2.75, 3.05) is 20.1 Å². The average molecular weight is 216 g/mol. The molecular formula is C11H24N2O2. The van der Waals surface area contributed by atoms with Gasteiger partial charge in [0.25, 0.3) is 0 Å². The molecule has 4 unspecified atom stereocenters. The lowest BCUT2D eigenvalue weighted by Gasteiger charge is -2.42. The molecule has 4 heteroatoms. The third-order valence-electron chi connectivity index (χ3n) is 3.42. The molecule has 1 saturated carbocycles. The van der Waals surface area contributed by atoms with E-state index in [4.69, 9.17) is 0 Å². The van der Waals surface area contributed by atoms with Crippen molar-refractivity contribution < 1.29 is 10.2 Å². The molecule has 1 rings (SSSR count). The zero-order valence-corrected chi connectivity index (χ0v) is 9.98. The van der Waals surface area contributed by atoms with Gasteiger partial charge in [0.05, 0.1) is 12.2 Å². The van der Waals surface area contributed by atoms with Crippen LogP contribution in [0.25, 0.3) is 0 Å². The van der Waals surface area contributed by atoms with Crippen molar-refractivity contribution in [3.05, 3.63) is 0 Å². The summed E-state index contributed by atoms with van der Waals surface area (Å²) < 4.78 is 0. The monoisotopic (exact) mass is 216 g/mol. The molecule has 0 amide bonds. The van der Waals surface area contributed by atoms with Crippen LogP contribution in [-0.4, -0.2) is 59.5 Å². The van der Waals surface area contributed by atoms with E-state index in [0.717, 1.165) is 13.1 Å². The van der Waals surface area contributed by atoms with E-state index in [0.29, 0.717) is 24.9 Å². The van der Waals surface area contributed by atoms with E-state index in [2.05, 4.69) is 31.1 Å². The van der Waals surface area contributed by atoms with Gasteiger partial charge in [0, 0.05) is 12.1 Å². The molecule has 0 aromatic rings. The molecule has 0 aliphatic heterocycles. The number of aliphatic hydroxyl groups excluding tert-OH is 2. The highest BCUT2D eigenvalue weighted by molar-refractivity contribution is 4.94. The number of nitrogens with one attached hydrogen (secondary N) is 1. The van der Waals surface area contributed by atoms with Crippen LogP contribution in [0.5, 0.6) is 0 Å². The van der Waals surface area contributed by atoms with E-state index in [1.807, 2.05) is 0 Å². The van der Waals surface area contributed by atoms with E-state index in [9.17, 15) is 10.2 Å². The largest absolute Gasteiger partial charge is 0.390 e. The van der Waals surface area contributed by atoms with Crippen molar-refractivity contribution in [2.45, 2.75) is 51.0 Å². The van der Waals surface area contributed by atoms with Crippen LogP contribution in [0.2, 0.25) is 0 Å². The van der Waals surface area contributed by atoms with E-state index < -0.39 is 12.2 Å². The van der Waals surface area contributed by atoms with Gasteiger partial charge in [-0.05, 0) is 33.0 Å². The summed E-state index contributed by atoms with van der Waals surface area (Å²) >= 11 is 0. The van der Waals surface area contributed by atoms with E-state index >= 15 is 0 Å². The number of rotatable bonds is 4. The van der Waals surface area contributed by atoms with Gasteiger partial charge in [-0.25, -0.2) is 0 Å². The zero-order valence-electron chi connectivity index (χ0n) is 9.98. The molecule has 0 radical (unpaired) electrons. The van der Waals surface area contributed by atoms with Crippen LogP contribution in [-0.2, 0) is 0 Å². The summed E-state index contributed by atoms with van der Waals surface area (Å²) in [5.41, 5.74) is 0. The fourth-order valence-corrected chi connectivity index (χ4v) is 2.35. The Hall–Kier alpha value is -0.160. The number of nitrogens with zero attached hydrogens (tertiary/aromatic N) is 1. The van der Waals surface area contributed by atoms with Crippen LogP contribution in [0, 0.1) is 0 Å². The maximum Gasteiger partial charge on any atom is 0.0815 e. The molecule has 3 N–H and O–H groups in total. The van der Waals surface area contributed by atoms with Crippen molar-refractivity contribution in [1.82, 2.24) is 10.2 Å². The maximum atomic E-state index is 9.67. The first-order valence-electron chi connectivity index (χ1n) is 5.89. The van der Waals surface area contributed by atoms with Gasteiger partial charge < -0.3 is 20.4 Å². The van der Waals surface area contributed by atoms with Gasteiger partial charge in [-0.3, -0.25) is 0 Å². The summed E-state index contributed by atoms with van der Waals surface area (Å²) in [5, 5.41) is 22.7. The first kappa shape index (κ1) is 12.9. The Morgan fingerprint density at radius 1 is 1.20 bits per heavy atom. The molecule has 0 saturated heterocycles. The predicted molar refractivity (Wildman–Crippen MR) is 60.8 cm³/mol. The normalized spacial score (nSPS) is 37.2. The minimum atomic E-state index is -0.574. The molecular weight excluding hydrogens is 192 g/mol. The van der Waals surface area contributed by atoms with Crippen LogP contribution < -0.4 is 5.32 Å². The van der Waals surface area contributed by atoms with Gasteiger partial charge in [0.1, 0.15) is 0 Å². The minimum Gasteiger partial charge on any atom is -0.390 e. The summed E-state index contributed by atoms with van der Waals surface area (Å²) in [4.78, 5) is 2.24. The second-order valence-electron chi connectivity index (χ2n) is 4.41. The molecule has 0 aromatic carbocycles. The molecule has 90 valence electrons. The molecule has 1 fully saturated rings. The third kappa shape index (κ3) is 3.14. The minimum absolute atomic E-state index is 0.290. The molecule has 15 heavy (non-hydrogen) atoms. The Labute approximate surface area is 92.3 Å². The van der Waals surface area contributed by atoms with E-state index in [-0.39, 0.29) is 0 Å². The molecule has 0 spiro atoms. The first-order valence-corrected chi connectivity index (χ1v) is 5.89. The summed E-state index contributed by atoms with van der Waals surface area (Å²) in [6.07, 6.45) is 0.155. The van der Waals surface area contributed by atoms with E-state index in [1.165, 1.54) is 0 Å². The first-order chi connectivity index (χ1) is 7.10. The Morgan fingerprint density at radius 3 is 2.33 bits per heavy atom. The fourth-order valence-electron chi connectivity index (χ4n) is 2.35. The predicted octanol–water partition coefficient (Wildman–Crippen LogP) is -0.200. The Kier molecular flexibility index (Phi) is 4.99. The highest BCUT2D eigenvalue weighted by Crippen LogP contribution is 2.23. The summed E-state index contributed by atoms with van der Waals surface area (Å²) in [6.45, 7) is 6.05. The Balaban J connectivity index is 2.63. The molecule has 0 heterocycles. The second kappa shape index (κ2) is 5.80. The summed E-state index contributed by atoms with van der Waals surface area (Å²) in [5.74, 6) is 0. The SMILES string of the molecule is CCNC1CC(O)C(O)CC1N(C)CC. The van der Waals surface area contributed by atoms with Crippen molar-refractivity contribution in [3.63, 3.8) is 0 Å². The molecule has 4 nitrogen and oxygen atoms in total. The quantitative estimate of drug-likeness (QED) is 0.609. The molecule has 1 aliphatic carbocycles. The summed E-state index contributed by atoms with van der Waals surface area (Å²) in [6, 6.07) is 0.617. The molecule has 0 bridgehead atoms. The lowest BCUT2D eigenvalue weighted by molar-refractivity contribution is -0.0460. The topological polar surface area (TPSA) is 55.7 Å². The maximum absolute atomic E-state index is 9.67. The fraction of sp³-hybridized carbons (Fsp3) is 1.00. The van der Waals surface area contributed by atoms with Crippen LogP contribution in [0.1, 0.15) is 26.7 Å². The Morgan fingerprint density at radius 2 is 1.80 bits per heavy atom. The van der Waals surface area contributed by atoms with Gasteiger partial charge in [-0.1, -0.05) is 13.8 Å². The number of aliphatic hydroxyl groups is 2. The number of likely N-dealkylation sites (N-methyl/N-ethyl adjacent to an activating group) is 2. The lowest BCUT2D eigenvalue weighted by Crippen LogP contribution is -2.57. The second-order valence-corrected chi connectivity index (χ2v) is 4.41. The van der Waals surface area contributed by atoms with Crippen LogP contribution in [0.4, 0.5) is 0 Å². The third-order valence-corrected chi connectivity index (χ3v) is 3.42. The summed E-state index contributed by atoms with van der Waals surface area (Å²) in [7, 11) is 2.07. The smallest absolute Gasteiger partial charge is 0.0815 e. The van der Waals surface area contributed by atoms with Crippen molar-refractivity contribution in [2.24, 2.45) is 0 Å². The molecule has 4 atom stereocenters. The van der Waals surface area contributed by atoms with E-state index in [1.54, 1.807) is 0 Å². The van der Waals surface area contributed by atoms with Gasteiger partial charge in [0.2, 0.25) is 0 Å². The highest BCUT2D eigenvalue weighted by Gasteiger charge is 2.36. The van der Waals surface area contributed by atoms with Gasteiger partial charge in [-0.15, -0.1) is 0 Å². The van der Waals surface area contributed by atoms with Crippen LogP contribution in [0.15, 0.2) is 0 Å².